The van der Waals surface area contributed by atoms with E-state index in [1.54, 1.807) is 12.1 Å². The molecule has 0 unspecified atom stereocenters. The average molecular weight is 361 g/mol. The Hall–Kier alpha value is -0.740. The van der Waals surface area contributed by atoms with Gasteiger partial charge in [0.25, 0.3) is 0 Å². The molecular formula is C14H12BrCl2NO. The maximum absolute atomic E-state index is 6.13. The van der Waals surface area contributed by atoms with Crippen molar-refractivity contribution >= 4 is 39.1 Å². The minimum atomic E-state index is 0.533. The topological polar surface area (TPSA) is 35.2 Å². The number of benzene rings is 2. The molecule has 5 heteroatoms. The van der Waals surface area contributed by atoms with Crippen LogP contribution in [0.15, 0.2) is 40.9 Å². The van der Waals surface area contributed by atoms with Crippen LogP contribution in [-0.2, 0) is 6.42 Å². The maximum Gasteiger partial charge on any atom is 0.146 e. The van der Waals surface area contributed by atoms with Crippen molar-refractivity contribution in [2.75, 3.05) is 6.54 Å². The second kappa shape index (κ2) is 6.62. The molecule has 2 aromatic rings. The zero-order chi connectivity index (χ0) is 13.8. The highest BCUT2D eigenvalue weighted by Gasteiger charge is 2.08. The van der Waals surface area contributed by atoms with Crippen LogP contribution in [0.4, 0.5) is 0 Å². The molecule has 2 N–H and O–H groups in total. The Labute approximate surface area is 130 Å². The van der Waals surface area contributed by atoms with Gasteiger partial charge in [0.05, 0.1) is 5.02 Å². The van der Waals surface area contributed by atoms with Crippen molar-refractivity contribution < 1.29 is 4.74 Å². The first-order chi connectivity index (χ1) is 9.10. The van der Waals surface area contributed by atoms with Gasteiger partial charge in [-0.15, -0.1) is 0 Å². The molecule has 0 heterocycles. The van der Waals surface area contributed by atoms with Crippen molar-refractivity contribution in [3.05, 3.63) is 56.5 Å². The first-order valence-corrected chi connectivity index (χ1v) is 7.26. The van der Waals surface area contributed by atoms with Gasteiger partial charge in [0.2, 0.25) is 0 Å². The Balaban J connectivity index is 2.32. The molecule has 0 radical (unpaired) electrons. The van der Waals surface area contributed by atoms with E-state index in [1.165, 1.54) is 0 Å². The van der Waals surface area contributed by atoms with E-state index in [0.717, 1.165) is 15.8 Å². The van der Waals surface area contributed by atoms with Crippen LogP contribution in [0.2, 0.25) is 10.0 Å². The van der Waals surface area contributed by atoms with Crippen LogP contribution >= 0.6 is 39.1 Å². The fraction of sp³-hybridized carbons (Fsp3) is 0.143. The average Bonchev–Trinajstić information content (AvgIpc) is 2.36. The first kappa shape index (κ1) is 14.7. The maximum atomic E-state index is 6.13. The number of rotatable bonds is 4. The summed E-state index contributed by atoms with van der Waals surface area (Å²) in [6.45, 7) is 0.533. The zero-order valence-electron chi connectivity index (χ0n) is 10.00. The lowest BCUT2D eigenvalue weighted by atomic mass is 10.1. The molecule has 0 spiro atoms. The number of nitrogens with two attached hydrogens (primary N) is 1. The predicted octanol–water partition coefficient (Wildman–Crippen LogP) is 5.05. The second-order valence-corrected chi connectivity index (χ2v) is 5.73. The van der Waals surface area contributed by atoms with Gasteiger partial charge >= 0.3 is 0 Å². The molecule has 0 aliphatic carbocycles. The highest BCUT2D eigenvalue weighted by Crippen LogP contribution is 2.34. The van der Waals surface area contributed by atoms with E-state index in [0.29, 0.717) is 28.8 Å². The van der Waals surface area contributed by atoms with Crippen LogP contribution in [-0.4, -0.2) is 6.54 Å². The van der Waals surface area contributed by atoms with Gasteiger partial charge in [0.1, 0.15) is 11.5 Å². The largest absolute Gasteiger partial charge is 0.456 e. The molecule has 2 aromatic carbocycles. The Bertz CT molecular complexity index is 590. The minimum absolute atomic E-state index is 0.533. The third-order valence-electron chi connectivity index (χ3n) is 2.55. The number of halogens is 3. The normalized spacial score (nSPS) is 10.5. The van der Waals surface area contributed by atoms with Crippen molar-refractivity contribution in [2.24, 2.45) is 5.73 Å². The summed E-state index contributed by atoms with van der Waals surface area (Å²) in [4.78, 5) is 0. The van der Waals surface area contributed by atoms with Crippen LogP contribution in [0.3, 0.4) is 0 Å². The minimum Gasteiger partial charge on any atom is -0.456 e. The molecule has 100 valence electrons. The zero-order valence-corrected chi connectivity index (χ0v) is 13.1. The fourth-order valence-corrected chi connectivity index (χ4v) is 2.58. The molecule has 0 aromatic heterocycles. The van der Waals surface area contributed by atoms with Gasteiger partial charge in [-0.2, -0.15) is 0 Å². The van der Waals surface area contributed by atoms with E-state index in [-0.39, 0.29) is 0 Å². The smallest absolute Gasteiger partial charge is 0.146 e. The van der Waals surface area contributed by atoms with Crippen molar-refractivity contribution in [1.29, 1.82) is 0 Å². The highest BCUT2D eigenvalue weighted by atomic mass is 79.9. The first-order valence-electron chi connectivity index (χ1n) is 5.71. The van der Waals surface area contributed by atoms with E-state index in [9.17, 15) is 0 Å². The van der Waals surface area contributed by atoms with E-state index < -0.39 is 0 Å². The molecule has 0 bridgehead atoms. The molecular weight excluding hydrogens is 349 g/mol. The second-order valence-electron chi connectivity index (χ2n) is 3.97. The molecule has 0 amide bonds. The highest BCUT2D eigenvalue weighted by molar-refractivity contribution is 9.10. The summed E-state index contributed by atoms with van der Waals surface area (Å²) >= 11 is 15.5. The molecule has 0 saturated carbocycles. The molecule has 2 nitrogen and oxygen atoms in total. The van der Waals surface area contributed by atoms with Crippen LogP contribution < -0.4 is 10.5 Å². The van der Waals surface area contributed by atoms with Crippen LogP contribution in [0.5, 0.6) is 11.5 Å². The Morgan fingerprint density at radius 2 is 1.79 bits per heavy atom. The summed E-state index contributed by atoms with van der Waals surface area (Å²) in [5.41, 5.74) is 6.56. The van der Waals surface area contributed by atoms with E-state index >= 15 is 0 Å². The number of ether oxygens (including phenoxy) is 1. The summed E-state index contributed by atoms with van der Waals surface area (Å²) in [6, 6.07) is 10.9. The van der Waals surface area contributed by atoms with Gasteiger partial charge in [0, 0.05) is 9.50 Å². The lowest BCUT2D eigenvalue weighted by Crippen LogP contribution is -2.04. The molecule has 0 aliphatic rings. The Morgan fingerprint density at radius 3 is 2.47 bits per heavy atom. The summed E-state index contributed by atoms with van der Waals surface area (Å²) in [5.74, 6) is 1.32. The summed E-state index contributed by atoms with van der Waals surface area (Å²) in [7, 11) is 0. The van der Waals surface area contributed by atoms with Crippen LogP contribution in [0.1, 0.15) is 5.56 Å². The standard InChI is InChI=1S/C14H12BrCl2NO/c15-10-1-3-14(12(17)8-10)19-13-4-2-11(16)7-9(13)5-6-18/h1-4,7-8H,5-6,18H2. The van der Waals surface area contributed by atoms with Crippen LogP contribution in [0.25, 0.3) is 0 Å². The van der Waals surface area contributed by atoms with Gasteiger partial charge in [0.15, 0.2) is 0 Å². The monoisotopic (exact) mass is 359 g/mol. The van der Waals surface area contributed by atoms with Gasteiger partial charge in [-0.05, 0) is 54.9 Å². The number of hydrogen-bond acceptors (Lipinski definition) is 2. The Kier molecular flexibility index (Phi) is 5.11. The molecule has 0 aliphatic heterocycles. The van der Waals surface area contributed by atoms with Gasteiger partial charge in [-0.1, -0.05) is 39.1 Å². The molecule has 0 saturated heterocycles. The van der Waals surface area contributed by atoms with Gasteiger partial charge in [-0.25, -0.2) is 0 Å². The SMILES string of the molecule is NCCc1cc(Cl)ccc1Oc1ccc(Br)cc1Cl. The fourth-order valence-electron chi connectivity index (χ4n) is 1.67. The summed E-state index contributed by atoms with van der Waals surface area (Å²) < 4.78 is 6.74. The third kappa shape index (κ3) is 3.86. The van der Waals surface area contributed by atoms with E-state index in [1.807, 2.05) is 24.3 Å². The summed E-state index contributed by atoms with van der Waals surface area (Å²) in [5, 5.41) is 1.21. The molecule has 0 atom stereocenters. The summed E-state index contributed by atoms with van der Waals surface area (Å²) in [6.07, 6.45) is 0.698. The van der Waals surface area contributed by atoms with Crippen molar-refractivity contribution in [2.45, 2.75) is 6.42 Å². The van der Waals surface area contributed by atoms with Crippen molar-refractivity contribution in [3.8, 4) is 11.5 Å². The van der Waals surface area contributed by atoms with Gasteiger partial charge < -0.3 is 10.5 Å². The quantitative estimate of drug-likeness (QED) is 0.827. The molecule has 0 fully saturated rings. The van der Waals surface area contributed by atoms with Crippen molar-refractivity contribution in [1.82, 2.24) is 0 Å². The Morgan fingerprint density at radius 1 is 1.05 bits per heavy atom. The lowest BCUT2D eigenvalue weighted by molar-refractivity contribution is 0.476. The van der Waals surface area contributed by atoms with E-state index in [4.69, 9.17) is 33.7 Å². The lowest BCUT2D eigenvalue weighted by Gasteiger charge is -2.12. The van der Waals surface area contributed by atoms with Gasteiger partial charge in [-0.3, -0.25) is 0 Å². The van der Waals surface area contributed by atoms with Crippen LogP contribution in [0, 0.1) is 0 Å². The van der Waals surface area contributed by atoms with Crippen molar-refractivity contribution in [3.63, 3.8) is 0 Å². The third-order valence-corrected chi connectivity index (χ3v) is 3.57. The van der Waals surface area contributed by atoms with E-state index in [2.05, 4.69) is 15.9 Å². The molecule has 19 heavy (non-hydrogen) atoms. The predicted molar refractivity (Wildman–Crippen MR) is 83.4 cm³/mol. The molecule has 2 rings (SSSR count). The number of hydrogen-bond donors (Lipinski definition) is 1.